The second kappa shape index (κ2) is 11.8. The summed E-state index contributed by atoms with van der Waals surface area (Å²) < 4.78 is 14.7. The van der Waals surface area contributed by atoms with E-state index in [1.165, 1.54) is 0 Å². The maximum absolute atomic E-state index is 14.1. The van der Waals surface area contributed by atoms with Crippen molar-refractivity contribution >= 4 is 17.3 Å². The van der Waals surface area contributed by atoms with Gasteiger partial charge in [-0.25, -0.2) is 9.79 Å². The number of ketones is 2. The van der Waals surface area contributed by atoms with Gasteiger partial charge >= 0.3 is 5.69 Å². The van der Waals surface area contributed by atoms with Crippen molar-refractivity contribution in [2.45, 2.75) is 59.5 Å². The molecule has 0 saturated heterocycles. The molecule has 0 spiro atoms. The van der Waals surface area contributed by atoms with E-state index in [0.29, 0.717) is 66.9 Å². The van der Waals surface area contributed by atoms with Crippen molar-refractivity contribution in [1.29, 1.82) is 0 Å². The number of benzene rings is 3. The molecule has 1 aromatic heterocycles. The first-order chi connectivity index (χ1) is 21.2. The number of Topliss-reactive ketones (excluding diaryl/α,β-unsaturated/α-hetero) is 2. The Bertz CT molecular complexity index is 1890. The van der Waals surface area contributed by atoms with Crippen LogP contribution in [-0.4, -0.2) is 34.9 Å². The minimum Gasteiger partial charge on any atom is -0.493 e. The van der Waals surface area contributed by atoms with Crippen LogP contribution in [0.2, 0.25) is 0 Å². The van der Waals surface area contributed by atoms with Crippen molar-refractivity contribution in [3.8, 4) is 22.8 Å². The molecule has 1 aliphatic carbocycles. The lowest BCUT2D eigenvalue weighted by Crippen LogP contribution is -2.42. The van der Waals surface area contributed by atoms with E-state index in [2.05, 4.69) is 19.1 Å². The number of fused-ring (bicyclic) bond motifs is 4. The van der Waals surface area contributed by atoms with Crippen LogP contribution in [0.5, 0.6) is 11.5 Å². The molecule has 0 N–H and O–H groups in total. The normalized spacial score (nSPS) is 14.4. The van der Waals surface area contributed by atoms with Gasteiger partial charge in [-0.1, -0.05) is 48.4 Å². The maximum Gasteiger partial charge on any atom is 0.330 e. The van der Waals surface area contributed by atoms with Gasteiger partial charge in [0, 0.05) is 35.8 Å². The summed E-state index contributed by atoms with van der Waals surface area (Å²) in [6, 6.07) is 17.1. The molecule has 1 aliphatic heterocycles. The molecule has 0 bridgehead atoms. The highest BCUT2D eigenvalue weighted by atomic mass is 16.5. The monoisotopic (exact) mass is 591 g/mol. The maximum atomic E-state index is 14.1. The van der Waals surface area contributed by atoms with Crippen LogP contribution in [0.25, 0.3) is 11.3 Å². The molecule has 0 atom stereocenters. The van der Waals surface area contributed by atoms with Gasteiger partial charge in [-0.15, -0.1) is 0 Å². The highest BCUT2D eigenvalue weighted by Gasteiger charge is 2.37. The van der Waals surface area contributed by atoms with E-state index in [1.807, 2.05) is 36.6 Å². The molecule has 8 nitrogen and oxygen atoms in total. The summed E-state index contributed by atoms with van der Waals surface area (Å²) in [6.07, 6.45) is 2.40. The number of carbonyl (C=O) groups is 2. The van der Waals surface area contributed by atoms with E-state index in [4.69, 9.17) is 14.5 Å². The summed E-state index contributed by atoms with van der Waals surface area (Å²) in [4.78, 5) is 45.0. The number of hydrogen-bond acceptors (Lipinski definition) is 6. The average Bonchev–Trinajstić information content (AvgIpc) is 3.25. The van der Waals surface area contributed by atoms with Crippen molar-refractivity contribution in [3.05, 3.63) is 104 Å². The first-order valence-corrected chi connectivity index (χ1v) is 15.1. The summed E-state index contributed by atoms with van der Waals surface area (Å²) in [5.41, 5.74) is 8.34. The number of hydrogen-bond donors (Lipinski definition) is 0. The Kier molecular flexibility index (Phi) is 7.84. The van der Waals surface area contributed by atoms with Crippen LogP contribution in [0.1, 0.15) is 62.2 Å². The third kappa shape index (κ3) is 5.08. The number of aryl methyl sites for hydroxylation is 4. The Balaban J connectivity index is 1.38. The molecule has 6 rings (SSSR count). The summed E-state index contributed by atoms with van der Waals surface area (Å²) in [5, 5.41) is 0. The zero-order valence-electron chi connectivity index (χ0n) is 25.9. The van der Waals surface area contributed by atoms with Crippen molar-refractivity contribution < 1.29 is 19.1 Å². The fourth-order valence-electron chi connectivity index (χ4n) is 6.72. The summed E-state index contributed by atoms with van der Waals surface area (Å²) in [7, 11) is 3.23. The van der Waals surface area contributed by atoms with E-state index in [1.54, 1.807) is 43.1 Å². The molecular weight excluding hydrogens is 554 g/mol. The second-order valence-corrected chi connectivity index (χ2v) is 11.8. The van der Waals surface area contributed by atoms with Crippen LogP contribution in [0.3, 0.4) is 0 Å². The van der Waals surface area contributed by atoms with Gasteiger partial charge in [0.15, 0.2) is 23.1 Å². The number of ether oxygens (including phenoxy) is 2. The zero-order chi connectivity index (χ0) is 31.1. The van der Waals surface area contributed by atoms with Crippen molar-refractivity contribution in [3.63, 3.8) is 0 Å². The molecule has 0 radical (unpaired) electrons. The van der Waals surface area contributed by atoms with Crippen LogP contribution in [0.4, 0.5) is 5.69 Å². The van der Waals surface area contributed by atoms with Gasteiger partial charge in [-0.2, -0.15) is 0 Å². The quantitative estimate of drug-likeness (QED) is 0.188. The third-order valence-electron chi connectivity index (χ3n) is 8.86. The van der Waals surface area contributed by atoms with E-state index >= 15 is 0 Å². The fourth-order valence-corrected chi connectivity index (χ4v) is 6.72. The van der Waals surface area contributed by atoms with Gasteiger partial charge in [0.1, 0.15) is 5.49 Å². The van der Waals surface area contributed by atoms with E-state index in [-0.39, 0.29) is 17.3 Å². The molecule has 2 heterocycles. The molecule has 226 valence electrons. The van der Waals surface area contributed by atoms with Crippen LogP contribution in [0, 0.1) is 26.7 Å². The van der Waals surface area contributed by atoms with Gasteiger partial charge in [0.05, 0.1) is 31.5 Å². The average molecular weight is 592 g/mol. The topological polar surface area (TPSA) is 91.9 Å². The predicted octanol–water partition coefficient (Wildman–Crippen LogP) is 5.91. The second-order valence-electron chi connectivity index (χ2n) is 11.8. The predicted molar refractivity (Wildman–Crippen MR) is 169 cm³/mol. The van der Waals surface area contributed by atoms with Gasteiger partial charge in [-0.05, 0) is 68.9 Å². The summed E-state index contributed by atoms with van der Waals surface area (Å²) in [6.45, 7) is 7.08. The first kappa shape index (κ1) is 29.4. The van der Waals surface area contributed by atoms with Crippen LogP contribution >= 0.6 is 0 Å². The minimum absolute atomic E-state index is 0.0983. The van der Waals surface area contributed by atoms with Crippen LogP contribution in [-0.2, 0) is 19.5 Å². The van der Waals surface area contributed by atoms with E-state index in [9.17, 15) is 14.4 Å². The van der Waals surface area contributed by atoms with Gasteiger partial charge < -0.3 is 9.47 Å². The lowest BCUT2D eigenvalue weighted by atomic mass is 9.96. The lowest BCUT2D eigenvalue weighted by Gasteiger charge is -2.24. The largest absolute Gasteiger partial charge is 0.493 e. The van der Waals surface area contributed by atoms with Crippen LogP contribution in [0.15, 0.2) is 64.4 Å². The fraction of sp³-hybridized carbons (Fsp3) is 0.333. The first-order valence-electron chi connectivity index (χ1n) is 15.1. The number of unbranched alkanes of at least 4 members (excludes halogenated alkanes) is 1. The molecule has 0 fully saturated rings. The molecule has 3 aromatic carbocycles. The highest BCUT2D eigenvalue weighted by Crippen LogP contribution is 2.37. The summed E-state index contributed by atoms with van der Waals surface area (Å²) in [5.74, 6) is 0.419. The standard InChI is InChI=1S/C36H37N3O5/c1-21-16-22(2)33(23(3)17-21)37-32-20-29-28-19-31(44-5)30(43-4)18-24(28)13-15-38(29)36(42)39(32)14-9-8-12-27-34(40)25-10-6-7-11-26(25)35(27)41/h6-7,10-11,16-20,27H,8-9,12-15H2,1-5H3. The van der Waals surface area contributed by atoms with Gasteiger partial charge in [-0.3, -0.25) is 18.7 Å². The van der Waals surface area contributed by atoms with E-state index < -0.39 is 5.92 Å². The van der Waals surface area contributed by atoms with Gasteiger partial charge in [0.2, 0.25) is 0 Å². The Morgan fingerprint density at radius 1 is 0.818 bits per heavy atom. The Morgan fingerprint density at radius 3 is 2.09 bits per heavy atom. The number of nitrogens with zero attached hydrogens (tertiary/aromatic N) is 3. The molecule has 0 unspecified atom stereocenters. The third-order valence-corrected chi connectivity index (χ3v) is 8.86. The minimum atomic E-state index is -0.646. The van der Waals surface area contributed by atoms with Gasteiger partial charge in [0.25, 0.3) is 0 Å². The number of methoxy groups -OCH3 is 2. The van der Waals surface area contributed by atoms with Crippen molar-refractivity contribution in [2.24, 2.45) is 10.9 Å². The molecule has 0 saturated carbocycles. The molecule has 4 aromatic rings. The van der Waals surface area contributed by atoms with E-state index in [0.717, 1.165) is 39.2 Å². The summed E-state index contributed by atoms with van der Waals surface area (Å²) >= 11 is 0. The number of aromatic nitrogens is 2. The SMILES string of the molecule is COc1cc2c(cc1OC)-c1cc(=Nc3c(C)cc(C)cc3C)n(CCCCC3C(=O)c4ccccc4C3=O)c(=O)n1CC2. The zero-order valence-corrected chi connectivity index (χ0v) is 25.9. The lowest BCUT2D eigenvalue weighted by molar-refractivity contribution is 0.0828. The molecule has 44 heavy (non-hydrogen) atoms. The van der Waals surface area contributed by atoms with Crippen LogP contribution < -0.4 is 20.7 Å². The Labute approximate surface area is 256 Å². The Hall–Kier alpha value is -4.72. The molecule has 0 amide bonds. The number of carbonyl (C=O) groups excluding carboxylic acids is 2. The van der Waals surface area contributed by atoms with Crippen molar-refractivity contribution in [2.75, 3.05) is 14.2 Å². The highest BCUT2D eigenvalue weighted by molar-refractivity contribution is 6.26. The van der Waals surface area contributed by atoms with Crippen molar-refractivity contribution in [1.82, 2.24) is 9.13 Å². The molecule has 8 heteroatoms. The Morgan fingerprint density at radius 2 is 1.45 bits per heavy atom. The number of rotatable bonds is 8. The molecular formula is C36H37N3O5. The molecule has 2 aliphatic rings. The smallest absolute Gasteiger partial charge is 0.330 e.